The van der Waals surface area contributed by atoms with Crippen molar-refractivity contribution in [1.29, 1.82) is 0 Å². The molecular weight excluding hydrogens is 131 g/mol. The average molecular weight is 137 g/mol. The van der Waals surface area contributed by atoms with Crippen molar-refractivity contribution in [2.45, 2.75) is 5.71 Å². The van der Waals surface area contributed by atoms with Gasteiger partial charge in [0.05, 0.1) is 0 Å². The van der Waals surface area contributed by atoms with Gasteiger partial charge in [-0.3, -0.25) is 0 Å². The quantitative estimate of drug-likeness (QED) is 0.364. The van der Waals surface area contributed by atoms with Crippen LogP contribution in [0.1, 0.15) is 0 Å². The Bertz CT molecular complexity index is 45.6. The second-order valence-electron chi connectivity index (χ2n) is 1.31. The molecule has 1 N–H and O–H groups in total. The Kier molecular flexibility index (Phi) is 0.552. The first-order valence-corrected chi connectivity index (χ1v) is 6.24. The fraction of sp³-hybridized carbons (Fsp3) is 1.00. The van der Waals surface area contributed by atoms with Crippen molar-refractivity contribution >= 4 is 14.2 Å². The molecule has 0 saturated carbocycles. The van der Waals surface area contributed by atoms with Crippen LogP contribution in [0, 0.1) is 0 Å². The van der Waals surface area contributed by atoms with Gasteiger partial charge in [0.25, 0.3) is 0 Å². The predicted octanol–water partition coefficient (Wildman–Crippen LogP) is -0.380. The van der Waals surface area contributed by atoms with E-state index in [1.807, 2.05) is 0 Å². The first kappa shape index (κ1) is 3.66. The molecule has 0 aromatic rings. The predicted molar refractivity (Wildman–Crippen MR) is 19.8 cm³/mol. The molecule has 0 aromatic heterocycles. The van der Waals surface area contributed by atoms with Crippen LogP contribution in [0.4, 0.5) is 0 Å². The molecule has 1 saturated heterocycles. The van der Waals surface area contributed by atoms with Gasteiger partial charge in [0.15, 0.2) is 0 Å². The minimum atomic E-state index is -2.12. The normalized spacial score (nSPS) is 49.2. The Balaban J connectivity index is 2.38. The first-order valence-electron chi connectivity index (χ1n) is 1.43. The number of hydrogen-bond donors (Lipinski definition) is 1. The van der Waals surface area contributed by atoms with Crippen molar-refractivity contribution in [2.75, 3.05) is 5.39 Å². The molecule has 0 unspecified atom stereocenters. The summed E-state index contributed by atoms with van der Waals surface area (Å²) in [7, 11) is 0. The van der Waals surface area contributed by atoms with E-state index in [0.29, 0.717) is 5.39 Å². The molecule has 0 aliphatic carbocycles. The van der Waals surface area contributed by atoms with Gasteiger partial charge in [-0.25, -0.2) is 0 Å². The molecule has 1 heterocycles. The molecule has 5 heavy (non-hydrogen) atoms. The monoisotopic (exact) mass is 137 g/mol. The van der Waals surface area contributed by atoms with Gasteiger partial charge in [0, 0.05) is 0 Å². The minimum absolute atomic E-state index is 0.679. The Labute approximate surface area is 33.9 Å². The van der Waals surface area contributed by atoms with Crippen LogP contribution in [0.5, 0.6) is 0 Å². The Hall–Kier alpha value is 0.478. The molecule has 0 spiro atoms. The molecule has 1 atom stereocenters. The van der Waals surface area contributed by atoms with Crippen LogP contribution in [0.25, 0.3) is 0 Å². The maximum absolute atomic E-state index is 8.58. The number of hydrogen-bond acceptors (Lipinski definition) is 2. The summed E-state index contributed by atoms with van der Waals surface area (Å²) in [4.78, 5) is 0. The Morgan fingerprint density at radius 2 is 2.20 bits per heavy atom. The topological polar surface area (TPSA) is 32.8 Å². The molecule has 2 nitrogen and oxygen atoms in total. The van der Waals surface area contributed by atoms with E-state index in [-0.39, 0.29) is 0 Å². The van der Waals surface area contributed by atoms with Gasteiger partial charge in [-0.15, -0.1) is 0 Å². The van der Waals surface area contributed by atoms with E-state index >= 15 is 0 Å². The fourth-order valence-electron chi connectivity index (χ4n) is 0.0836. The van der Waals surface area contributed by atoms with Gasteiger partial charge in [0.2, 0.25) is 0 Å². The second-order valence-corrected chi connectivity index (χ2v) is 6.80. The van der Waals surface area contributed by atoms with Crippen LogP contribution in [0.3, 0.4) is 0 Å². The van der Waals surface area contributed by atoms with E-state index < -0.39 is 14.2 Å². The fourth-order valence-corrected chi connectivity index (χ4v) is 2.26. The standard InChI is InChI=1S/C2H6AsO2/c1-3(4)2-5-3/h4H,2H2,1H3. The van der Waals surface area contributed by atoms with Crippen LogP contribution < -0.4 is 0 Å². The van der Waals surface area contributed by atoms with E-state index in [0.717, 1.165) is 0 Å². The summed E-state index contributed by atoms with van der Waals surface area (Å²) < 4.78 is 13.2. The molecule has 0 amide bonds. The summed E-state index contributed by atoms with van der Waals surface area (Å²) in [5, 5.41) is 0.679. The van der Waals surface area contributed by atoms with Gasteiger partial charge < -0.3 is 0 Å². The van der Waals surface area contributed by atoms with Gasteiger partial charge in [-0.05, 0) is 0 Å². The summed E-state index contributed by atoms with van der Waals surface area (Å²) in [6.45, 7) is 0. The van der Waals surface area contributed by atoms with Crippen molar-refractivity contribution in [3.8, 4) is 0 Å². The summed E-state index contributed by atoms with van der Waals surface area (Å²) in [5.41, 5.74) is 1.80. The number of rotatable bonds is 0. The van der Waals surface area contributed by atoms with E-state index in [9.17, 15) is 0 Å². The second kappa shape index (κ2) is 0.754. The third-order valence-corrected chi connectivity index (χ3v) is 2.61. The van der Waals surface area contributed by atoms with Crippen LogP contribution in [0.2, 0.25) is 5.71 Å². The van der Waals surface area contributed by atoms with Gasteiger partial charge in [-0.2, -0.15) is 0 Å². The average Bonchev–Trinajstić information content (AvgIpc) is 1.76. The zero-order valence-corrected chi connectivity index (χ0v) is 4.89. The Morgan fingerprint density at radius 1 is 2.00 bits per heavy atom. The van der Waals surface area contributed by atoms with Gasteiger partial charge in [0.1, 0.15) is 0 Å². The molecule has 1 rings (SSSR count). The zero-order chi connectivity index (χ0) is 3.91. The molecule has 3 heteroatoms. The van der Waals surface area contributed by atoms with E-state index in [4.69, 9.17) is 4.10 Å². The van der Waals surface area contributed by atoms with E-state index in [2.05, 4.69) is 3.73 Å². The van der Waals surface area contributed by atoms with E-state index in [1.165, 1.54) is 0 Å². The molecule has 1 aliphatic heterocycles. The van der Waals surface area contributed by atoms with Crippen molar-refractivity contribution < 1.29 is 7.82 Å². The van der Waals surface area contributed by atoms with Crippen molar-refractivity contribution in [3.05, 3.63) is 0 Å². The molecule has 31 valence electrons. The van der Waals surface area contributed by atoms with Crippen LogP contribution in [0.15, 0.2) is 0 Å². The van der Waals surface area contributed by atoms with Crippen molar-refractivity contribution in [2.24, 2.45) is 0 Å². The first-order chi connectivity index (χ1) is 2.21. The molecule has 1 radical (unpaired) electrons. The third-order valence-electron chi connectivity index (χ3n) is 0.503. The van der Waals surface area contributed by atoms with Crippen LogP contribution >= 0.6 is 0 Å². The van der Waals surface area contributed by atoms with Crippen LogP contribution in [-0.2, 0) is 3.73 Å². The molecule has 0 bridgehead atoms. The van der Waals surface area contributed by atoms with E-state index in [1.54, 1.807) is 5.71 Å². The molecular formula is C2H6AsO2. The van der Waals surface area contributed by atoms with Gasteiger partial charge in [-0.1, -0.05) is 0 Å². The summed E-state index contributed by atoms with van der Waals surface area (Å²) >= 11 is -2.12. The zero-order valence-electron chi connectivity index (χ0n) is 3.01. The summed E-state index contributed by atoms with van der Waals surface area (Å²) in [5.74, 6) is 0. The molecule has 1 aliphatic rings. The maximum atomic E-state index is 8.58. The molecule has 1 fully saturated rings. The van der Waals surface area contributed by atoms with Crippen molar-refractivity contribution in [1.82, 2.24) is 0 Å². The Morgan fingerprint density at radius 3 is 2.20 bits per heavy atom. The van der Waals surface area contributed by atoms with Crippen LogP contribution in [-0.4, -0.2) is 23.7 Å². The van der Waals surface area contributed by atoms with Crippen molar-refractivity contribution in [3.63, 3.8) is 0 Å². The SMILES string of the molecule is C[As@]1(O)CO1. The van der Waals surface area contributed by atoms with Gasteiger partial charge >= 0.3 is 33.2 Å². The molecule has 0 aromatic carbocycles. The summed E-state index contributed by atoms with van der Waals surface area (Å²) in [6, 6.07) is 0. The third kappa shape index (κ3) is 0.917. The summed E-state index contributed by atoms with van der Waals surface area (Å²) in [6.07, 6.45) is 0.